The van der Waals surface area contributed by atoms with E-state index in [1.807, 2.05) is 19.1 Å². The van der Waals surface area contributed by atoms with Crippen LogP contribution in [0.2, 0.25) is 5.02 Å². The number of nitrogen functional groups attached to an aromatic ring is 1. The van der Waals surface area contributed by atoms with Gasteiger partial charge in [-0.05, 0) is 37.6 Å². The summed E-state index contributed by atoms with van der Waals surface area (Å²) >= 11 is 6.09. The number of ether oxygens (including phenoxy) is 1. The molecule has 0 saturated carbocycles. The third-order valence-electron chi connectivity index (χ3n) is 2.84. The van der Waals surface area contributed by atoms with E-state index in [0.29, 0.717) is 16.5 Å². The topological polar surface area (TPSA) is 77.2 Å². The Morgan fingerprint density at radius 3 is 2.86 bits per heavy atom. The average Bonchev–Trinajstić information content (AvgIpc) is 2.45. The average molecular weight is 306 g/mol. The minimum atomic E-state index is -0.474. The molecule has 3 N–H and O–H groups in total. The lowest BCUT2D eigenvalue weighted by Gasteiger charge is -2.11. The zero-order chi connectivity index (χ0) is 15.4. The van der Waals surface area contributed by atoms with Gasteiger partial charge >= 0.3 is 5.97 Å². The van der Waals surface area contributed by atoms with Gasteiger partial charge in [-0.15, -0.1) is 0 Å². The second kappa shape index (κ2) is 6.45. The van der Waals surface area contributed by atoms with Crippen molar-refractivity contribution >= 4 is 34.8 Å². The molecular formula is C15H16ClN3O2. The number of aryl methyl sites for hydroxylation is 1. The highest BCUT2D eigenvalue weighted by Gasteiger charge is 2.15. The molecule has 0 fully saturated rings. The minimum Gasteiger partial charge on any atom is -0.462 e. The van der Waals surface area contributed by atoms with Crippen molar-refractivity contribution in [2.45, 2.75) is 13.8 Å². The summed E-state index contributed by atoms with van der Waals surface area (Å²) in [6, 6.07) is 7.03. The second-order valence-electron chi connectivity index (χ2n) is 4.47. The molecule has 0 aliphatic rings. The van der Waals surface area contributed by atoms with E-state index in [9.17, 15) is 4.79 Å². The molecule has 0 atom stereocenters. The van der Waals surface area contributed by atoms with Gasteiger partial charge in [0, 0.05) is 10.7 Å². The molecule has 0 amide bonds. The molecule has 2 aromatic rings. The predicted molar refractivity (Wildman–Crippen MR) is 84.1 cm³/mol. The molecule has 2 rings (SSSR count). The summed E-state index contributed by atoms with van der Waals surface area (Å²) in [6.45, 7) is 3.94. The van der Waals surface area contributed by atoms with Gasteiger partial charge in [0.15, 0.2) is 0 Å². The Hall–Kier alpha value is -2.27. The molecule has 0 unspecified atom stereocenters. The van der Waals surface area contributed by atoms with E-state index >= 15 is 0 Å². The highest BCUT2D eigenvalue weighted by atomic mass is 35.5. The van der Waals surface area contributed by atoms with Gasteiger partial charge in [0.2, 0.25) is 0 Å². The van der Waals surface area contributed by atoms with Crippen LogP contribution in [0.4, 0.5) is 17.2 Å². The van der Waals surface area contributed by atoms with Crippen LogP contribution in [0.3, 0.4) is 0 Å². The van der Waals surface area contributed by atoms with Crippen LogP contribution in [0.5, 0.6) is 0 Å². The predicted octanol–water partition coefficient (Wildman–Crippen LogP) is 3.55. The maximum absolute atomic E-state index is 11.9. The molecule has 6 heteroatoms. The third kappa shape index (κ3) is 3.64. The van der Waals surface area contributed by atoms with Gasteiger partial charge in [0.25, 0.3) is 0 Å². The fourth-order valence-electron chi connectivity index (χ4n) is 1.75. The number of halogens is 1. The molecule has 1 aromatic carbocycles. The van der Waals surface area contributed by atoms with E-state index in [0.717, 1.165) is 11.3 Å². The summed E-state index contributed by atoms with van der Waals surface area (Å²) in [5.74, 6) is -0.0967. The van der Waals surface area contributed by atoms with Crippen LogP contribution in [0.25, 0.3) is 0 Å². The molecule has 0 radical (unpaired) electrons. The number of nitrogens with two attached hydrogens (primary N) is 1. The monoisotopic (exact) mass is 305 g/mol. The zero-order valence-corrected chi connectivity index (χ0v) is 12.6. The Balaban J connectivity index is 2.34. The van der Waals surface area contributed by atoms with Crippen molar-refractivity contribution in [3.05, 3.63) is 46.6 Å². The lowest BCUT2D eigenvalue weighted by atomic mass is 10.2. The normalized spacial score (nSPS) is 10.2. The molecule has 0 bridgehead atoms. The van der Waals surface area contributed by atoms with Gasteiger partial charge in [-0.1, -0.05) is 17.7 Å². The van der Waals surface area contributed by atoms with Crippen LogP contribution in [0.1, 0.15) is 22.8 Å². The van der Waals surface area contributed by atoms with Crippen LogP contribution >= 0.6 is 11.6 Å². The van der Waals surface area contributed by atoms with E-state index in [4.69, 9.17) is 22.1 Å². The van der Waals surface area contributed by atoms with Gasteiger partial charge in [-0.25, -0.2) is 9.78 Å². The minimum absolute atomic E-state index is 0.281. The summed E-state index contributed by atoms with van der Waals surface area (Å²) in [4.78, 5) is 16.1. The highest BCUT2D eigenvalue weighted by molar-refractivity contribution is 6.31. The van der Waals surface area contributed by atoms with E-state index in [-0.39, 0.29) is 12.2 Å². The van der Waals surface area contributed by atoms with Crippen LogP contribution < -0.4 is 11.1 Å². The summed E-state index contributed by atoms with van der Waals surface area (Å²) < 4.78 is 5.00. The van der Waals surface area contributed by atoms with E-state index in [1.54, 1.807) is 13.0 Å². The summed E-state index contributed by atoms with van der Waals surface area (Å²) in [6.07, 6.45) is 1.47. The van der Waals surface area contributed by atoms with Crippen molar-refractivity contribution in [3.63, 3.8) is 0 Å². The SMILES string of the molecule is CCOC(=O)c1cc(N)cnc1Nc1ccc(C)c(Cl)c1. The molecular weight excluding hydrogens is 290 g/mol. The van der Waals surface area contributed by atoms with Gasteiger partial charge in [-0.3, -0.25) is 0 Å². The van der Waals surface area contributed by atoms with Crippen molar-refractivity contribution in [1.82, 2.24) is 4.98 Å². The molecule has 0 spiro atoms. The Bertz CT molecular complexity index is 674. The number of carbonyl (C=O) groups is 1. The molecule has 1 aromatic heterocycles. The number of aromatic nitrogens is 1. The van der Waals surface area contributed by atoms with Crippen molar-refractivity contribution in [2.75, 3.05) is 17.7 Å². The molecule has 0 saturated heterocycles. The maximum atomic E-state index is 11.9. The Kier molecular flexibility index (Phi) is 4.65. The number of pyridine rings is 1. The summed E-state index contributed by atoms with van der Waals surface area (Å²) in [5, 5.41) is 3.69. The van der Waals surface area contributed by atoms with Crippen LogP contribution in [0.15, 0.2) is 30.5 Å². The van der Waals surface area contributed by atoms with Gasteiger partial charge in [-0.2, -0.15) is 0 Å². The number of hydrogen-bond donors (Lipinski definition) is 2. The fourth-order valence-corrected chi connectivity index (χ4v) is 1.93. The number of hydrogen-bond acceptors (Lipinski definition) is 5. The fraction of sp³-hybridized carbons (Fsp3) is 0.200. The number of carbonyl (C=O) groups excluding carboxylic acids is 1. The largest absolute Gasteiger partial charge is 0.462 e. The zero-order valence-electron chi connectivity index (χ0n) is 11.8. The summed E-state index contributed by atoms with van der Waals surface area (Å²) in [5.41, 5.74) is 8.06. The standard InChI is InChI=1S/C15H16ClN3O2/c1-3-21-15(20)12-6-10(17)8-18-14(12)19-11-5-4-9(2)13(16)7-11/h4-8H,3,17H2,1-2H3,(H,18,19). The number of esters is 1. The lowest BCUT2D eigenvalue weighted by Crippen LogP contribution is -2.10. The lowest BCUT2D eigenvalue weighted by molar-refractivity contribution is 0.0527. The van der Waals surface area contributed by atoms with Crippen LogP contribution in [-0.4, -0.2) is 17.6 Å². The number of nitrogens with one attached hydrogen (secondary N) is 1. The van der Waals surface area contributed by atoms with E-state index in [2.05, 4.69) is 10.3 Å². The quantitative estimate of drug-likeness (QED) is 0.845. The first-order valence-corrected chi connectivity index (χ1v) is 6.85. The Morgan fingerprint density at radius 1 is 1.43 bits per heavy atom. The summed E-state index contributed by atoms with van der Waals surface area (Å²) in [7, 11) is 0. The van der Waals surface area contributed by atoms with E-state index < -0.39 is 5.97 Å². The highest BCUT2D eigenvalue weighted by Crippen LogP contribution is 2.25. The van der Waals surface area contributed by atoms with Crippen molar-refractivity contribution in [1.29, 1.82) is 0 Å². The smallest absolute Gasteiger partial charge is 0.341 e. The maximum Gasteiger partial charge on any atom is 0.341 e. The van der Waals surface area contributed by atoms with Crippen molar-refractivity contribution < 1.29 is 9.53 Å². The van der Waals surface area contributed by atoms with E-state index in [1.165, 1.54) is 12.3 Å². The third-order valence-corrected chi connectivity index (χ3v) is 3.25. The van der Waals surface area contributed by atoms with Crippen molar-refractivity contribution in [2.24, 2.45) is 0 Å². The van der Waals surface area contributed by atoms with Gasteiger partial charge < -0.3 is 15.8 Å². The first kappa shape index (κ1) is 15.1. The van der Waals surface area contributed by atoms with Gasteiger partial charge in [0.05, 0.1) is 18.5 Å². The molecule has 21 heavy (non-hydrogen) atoms. The molecule has 1 heterocycles. The molecule has 110 valence electrons. The molecule has 0 aliphatic carbocycles. The number of benzene rings is 1. The van der Waals surface area contributed by atoms with Gasteiger partial charge in [0.1, 0.15) is 11.4 Å². The van der Waals surface area contributed by atoms with Crippen LogP contribution in [0, 0.1) is 6.92 Å². The van der Waals surface area contributed by atoms with Crippen LogP contribution in [-0.2, 0) is 4.74 Å². The Morgan fingerprint density at radius 2 is 2.19 bits per heavy atom. The van der Waals surface area contributed by atoms with Crippen molar-refractivity contribution in [3.8, 4) is 0 Å². The number of nitrogens with zero attached hydrogens (tertiary/aromatic N) is 1. The number of rotatable bonds is 4. The number of anilines is 3. The first-order valence-electron chi connectivity index (χ1n) is 6.47. The first-order chi connectivity index (χ1) is 10.0. The molecule has 0 aliphatic heterocycles. The Labute approximate surface area is 128 Å². The second-order valence-corrected chi connectivity index (χ2v) is 4.88. The molecule has 5 nitrogen and oxygen atoms in total.